The number of nitrogens with one attached hydrogen (secondary N) is 2. The van der Waals surface area contributed by atoms with E-state index in [4.69, 9.17) is 5.73 Å². The molecule has 0 amide bonds. The highest BCUT2D eigenvalue weighted by molar-refractivity contribution is 6.05. The molecule has 0 aliphatic carbocycles. The minimum atomic E-state index is -0.995. The molecule has 0 aliphatic rings. The first-order chi connectivity index (χ1) is 9.52. The van der Waals surface area contributed by atoms with Crippen LogP contribution in [-0.2, 0) is 4.79 Å². The highest BCUT2D eigenvalue weighted by Gasteiger charge is 2.05. The Morgan fingerprint density at radius 3 is 2.65 bits per heavy atom. The summed E-state index contributed by atoms with van der Waals surface area (Å²) in [7, 11) is 0. The lowest BCUT2D eigenvalue weighted by atomic mass is 10.1. The first-order valence-electron chi connectivity index (χ1n) is 6.11. The number of aliphatic carboxylic acids is 1. The van der Waals surface area contributed by atoms with Gasteiger partial charge in [0.2, 0.25) is 0 Å². The number of carbonyl (C=O) groups is 1. The van der Waals surface area contributed by atoms with Gasteiger partial charge in [-0.05, 0) is 30.7 Å². The summed E-state index contributed by atoms with van der Waals surface area (Å²) in [6, 6.07) is 7.34. The van der Waals surface area contributed by atoms with E-state index in [1.165, 1.54) is 6.92 Å². The molecule has 4 N–H and O–H groups in total. The van der Waals surface area contributed by atoms with Crippen molar-refractivity contribution in [3.05, 3.63) is 40.8 Å². The van der Waals surface area contributed by atoms with Crippen LogP contribution in [0.1, 0.15) is 13.3 Å². The Morgan fingerprint density at radius 1 is 1.30 bits per heavy atom. The summed E-state index contributed by atoms with van der Waals surface area (Å²) in [5, 5.41) is 11.1. The molecule has 1 aromatic carbocycles. The fourth-order valence-electron chi connectivity index (χ4n) is 1.86. The molecule has 6 nitrogen and oxygen atoms in total. The molecular weight excluding hydrogens is 258 g/mol. The van der Waals surface area contributed by atoms with Gasteiger partial charge in [-0.15, -0.1) is 0 Å². The molecule has 0 aliphatic heterocycles. The lowest BCUT2D eigenvalue weighted by Crippen LogP contribution is -2.19. The normalized spacial score (nSPS) is 10.2. The number of carboxylic acids is 1. The van der Waals surface area contributed by atoms with Crippen molar-refractivity contribution >= 4 is 33.5 Å². The fourth-order valence-corrected chi connectivity index (χ4v) is 1.86. The molecule has 0 radical (unpaired) electrons. The van der Waals surface area contributed by atoms with Crippen LogP contribution >= 0.6 is 0 Å². The first-order valence-corrected chi connectivity index (χ1v) is 6.11. The van der Waals surface area contributed by atoms with Crippen LogP contribution in [0.4, 0.5) is 5.69 Å². The zero-order valence-corrected chi connectivity index (χ0v) is 10.9. The van der Waals surface area contributed by atoms with E-state index in [1.807, 2.05) is 18.2 Å². The molecular formula is C14H14N3O3-. The van der Waals surface area contributed by atoms with Crippen molar-refractivity contribution in [3.8, 4) is 0 Å². The van der Waals surface area contributed by atoms with Crippen molar-refractivity contribution < 1.29 is 9.90 Å². The van der Waals surface area contributed by atoms with Crippen molar-refractivity contribution in [3.63, 3.8) is 0 Å². The zero-order chi connectivity index (χ0) is 14.7. The summed E-state index contributed by atoms with van der Waals surface area (Å²) < 4.78 is 0. The predicted molar refractivity (Wildman–Crippen MR) is 76.1 cm³/mol. The van der Waals surface area contributed by atoms with Crippen LogP contribution in [0.25, 0.3) is 21.8 Å². The number of aromatic amines is 2. The summed E-state index contributed by atoms with van der Waals surface area (Å²) in [5.41, 5.74) is 7.70. The van der Waals surface area contributed by atoms with E-state index in [9.17, 15) is 14.7 Å². The lowest BCUT2D eigenvalue weighted by molar-refractivity contribution is -0.305. The predicted octanol–water partition coefficient (Wildman–Crippen LogP) is 0.738. The van der Waals surface area contributed by atoms with Crippen molar-refractivity contribution in [2.45, 2.75) is 13.3 Å². The Bertz CT molecular complexity index is 817. The minimum Gasteiger partial charge on any atom is -0.550 e. The second-order valence-corrected chi connectivity index (χ2v) is 4.25. The number of hydrogen-bond donors (Lipinski definition) is 3. The maximum atomic E-state index is 11.6. The molecule has 0 bridgehead atoms. The summed E-state index contributed by atoms with van der Waals surface area (Å²) in [4.78, 5) is 26.6. The van der Waals surface area contributed by atoms with Crippen LogP contribution < -0.4 is 16.4 Å². The maximum Gasteiger partial charge on any atom is 0.272 e. The second-order valence-electron chi connectivity index (χ2n) is 4.25. The van der Waals surface area contributed by atoms with Gasteiger partial charge in [-0.1, -0.05) is 6.92 Å². The van der Waals surface area contributed by atoms with Crippen LogP contribution in [0.5, 0.6) is 0 Å². The highest BCUT2D eigenvalue weighted by atomic mass is 16.4. The third kappa shape index (κ3) is 2.64. The highest BCUT2D eigenvalue weighted by Crippen LogP contribution is 2.22. The number of hydrogen-bond acceptors (Lipinski definition) is 4. The van der Waals surface area contributed by atoms with E-state index in [2.05, 4.69) is 9.97 Å². The summed E-state index contributed by atoms with van der Waals surface area (Å²) in [5.74, 6) is -0.995. The SMILES string of the molecule is CCC(=O)[O-].Nc1ccc2[nH]c(=O)c3[nH]ccc3c2c1. The van der Waals surface area contributed by atoms with Crippen LogP contribution in [0.15, 0.2) is 35.3 Å². The number of benzene rings is 1. The molecule has 6 heteroatoms. The van der Waals surface area contributed by atoms with E-state index < -0.39 is 5.97 Å². The molecule has 3 aromatic rings. The number of rotatable bonds is 1. The number of carbonyl (C=O) groups excluding carboxylic acids is 1. The number of nitrogens with two attached hydrogens (primary N) is 1. The average molecular weight is 272 g/mol. The Balaban J connectivity index is 0.000000257. The van der Waals surface area contributed by atoms with Crippen molar-refractivity contribution in [1.29, 1.82) is 0 Å². The first kappa shape index (κ1) is 13.7. The Hall–Kier alpha value is -2.76. The van der Waals surface area contributed by atoms with Gasteiger partial charge in [0, 0.05) is 34.1 Å². The Kier molecular flexibility index (Phi) is 3.74. The Labute approximate surface area is 114 Å². The molecule has 0 saturated heterocycles. The van der Waals surface area contributed by atoms with Crippen LogP contribution in [0.3, 0.4) is 0 Å². The van der Waals surface area contributed by atoms with Gasteiger partial charge in [0.1, 0.15) is 5.52 Å². The molecule has 20 heavy (non-hydrogen) atoms. The van der Waals surface area contributed by atoms with Gasteiger partial charge in [0.25, 0.3) is 5.56 Å². The molecule has 104 valence electrons. The number of carboxylic acid groups (broad SMARTS) is 1. The van der Waals surface area contributed by atoms with Crippen LogP contribution in [0.2, 0.25) is 0 Å². The number of fused-ring (bicyclic) bond motifs is 3. The monoisotopic (exact) mass is 272 g/mol. The summed E-state index contributed by atoms with van der Waals surface area (Å²) >= 11 is 0. The zero-order valence-electron chi connectivity index (χ0n) is 10.9. The quantitative estimate of drug-likeness (QED) is 0.566. The Morgan fingerprint density at radius 2 is 2.00 bits per heavy atom. The number of anilines is 1. The number of pyridine rings is 1. The molecule has 0 saturated carbocycles. The minimum absolute atomic E-state index is 0.104. The molecule has 0 spiro atoms. The third-order valence-electron chi connectivity index (χ3n) is 2.84. The molecule has 0 atom stereocenters. The third-order valence-corrected chi connectivity index (χ3v) is 2.84. The topological polar surface area (TPSA) is 115 Å². The number of H-pyrrole nitrogens is 2. The maximum absolute atomic E-state index is 11.6. The smallest absolute Gasteiger partial charge is 0.272 e. The second kappa shape index (κ2) is 5.48. The van der Waals surface area contributed by atoms with E-state index in [0.29, 0.717) is 11.2 Å². The van der Waals surface area contributed by atoms with Gasteiger partial charge in [0.05, 0.1) is 0 Å². The van der Waals surface area contributed by atoms with Gasteiger partial charge in [-0.2, -0.15) is 0 Å². The number of aromatic nitrogens is 2. The standard InChI is InChI=1S/C11H9N3O.C3H6O2/c12-6-1-2-9-8(5-6)7-3-4-13-10(7)11(15)14-9;1-2-3(4)5/h1-5,13H,12H2,(H,14,15);2H2,1H3,(H,4,5)/p-1. The van der Waals surface area contributed by atoms with Gasteiger partial charge < -0.3 is 25.6 Å². The molecule has 0 fully saturated rings. The van der Waals surface area contributed by atoms with Crippen molar-refractivity contribution in [2.75, 3.05) is 5.73 Å². The summed E-state index contributed by atoms with van der Waals surface area (Å²) in [6.45, 7) is 1.54. The van der Waals surface area contributed by atoms with E-state index in [0.717, 1.165) is 16.3 Å². The van der Waals surface area contributed by atoms with Gasteiger partial charge >= 0.3 is 0 Å². The van der Waals surface area contributed by atoms with Crippen molar-refractivity contribution in [2.24, 2.45) is 0 Å². The average Bonchev–Trinajstić information content (AvgIpc) is 2.91. The van der Waals surface area contributed by atoms with E-state index in [1.54, 1.807) is 12.3 Å². The largest absolute Gasteiger partial charge is 0.550 e. The van der Waals surface area contributed by atoms with Gasteiger partial charge in [-0.25, -0.2) is 0 Å². The van der Waals surface area contributed by atoms with Crippen molar-refractivity contribution in [1.82, 2.24) is 9.97 Å². The van der Waals surface area contributed by atoms with Crippen LogP contribution in [0, 0.1) is 0 Å². The summed E-state index contributed by atoms with van der Waals surface area (Å²) in [6.07, 6.45) is 1.86. The lowest BCUT2D eigenvalue weighted by Gasteiger charge is -2.00. The molecule has 2 heterocycles. The number of nitrogen functional groups attached to an aromatic ring is 1. The molecule has 3 rings (SSSR count). The van der Waals surface area contributed by atoms with E-state index >= 15 is 0 Å². The van der Waals surface area contributed by atoms with E-state index in [-0.39, 0.29) is 12.0 Å². The molecule has 0 unspecified atom stereocenters. The fraction of sp³-hybridized carbons (Fsp3) is 0.143. The van der Waals surface area contributed by atoms with Gasteiger partial charge in [-0.3, -0.25) is 4.79 Å². The van der Waals surface area contributed by atoms with Gasteiger partial charge in [0.15, 0.2) is 0 Å². The molecule has 2 aromatic heterocycles. The van der Waals surface area contributed by atoms with Crippen LogP contribution in [-0.4, -0.2) is 15.9 Å².